The molecule has 0 saturated heterocycles. The summed E-state index contributed by atoms with van der Waals surface area (Å²) in [5.41, 5.74) is -1.23. The van der Waals surface area contributed by atoms with Crippen LogP contribution >= 0.6 is 0 Å². The molecule has 2 rings (SSSR count). The van der Waals surface area contributed by atoms with Crippen LogP contribution in [0, 0.1) is 12.9 Å². The van der Waals surface area contributed by atoms with Crippen LogP contribution < -0.4 is 5.32 Å². The minimum atomic E-state index is -4.52. The lowest BCUT2D eigenvalue weighted by atomic mass is 10.1. The first-order valence-electron chi connectivity index (χ1n) is 5.89. The Balaban J connectivity index is 2.29. The summed E-state index contributed by atoms with van der Waals surface area (Å²) in [4.78, 5) is 15.1. The summed E-state index contributed by atoms with van der Waals surface area (Å²) in [5, 5.41) is 2.22. The number of carbonyl (C=O) groups is 1. The minimum Gasteiger partial charge on any atom is -0.322 e. The third-order valence-corrected chi connectivity index (χ3v) is 2.80. The first-order chi connectivity index (χ1) is 9.79. The number of carbonyl (C=O) groups excluding carboxylic acids is 1. The molecule has 0 fully saturated rings. The summed E-state index contributed by atoms with van der Waals surface area (Å²) in [6, 6.07) is 5.90. The van der Waals surface area contributed by atoms with Crippen molar-refractivity contribution in [2.24, 2.45) is 0 Å². The number of pyridine rings is 1. The van der Waals surface area contributed by atoms with Crippen LogP contribution in [-0.4, -0.2) is 10.9 Å². The van der Waals surface area contributed by atoms with Gasteiger partial charge in [0.05, 0.1) is 11.1 Å². The van der Waals surface area contributed by atoms with Gasteiger partial charge in [-0.1, -0.05) is 6.07 Å². The molecule has 7 heteroatoms. The van der Waals surface area contributed by atoms with Crippen molar-refractivity contribution in [3.63, 3.8) is 0 Å². The Kier molecular flexibility index (Phi) is 3.93. The minimum absolute atomic E-state index is 0.0352. The van der Waals surface area contributed by atoms with E-state index in [1.807, 2.05) is 0 Å². The van der Waals surface area contributed by atoms with Gasteiger partial charge in [0.15, 0.2) is 0 Å². The summed E-state index contributed by atoms with van der Waals surface area (Å²) in [6.45, 7) is 1.31. The number of benzene rings is 1. The Morgan fingerprint density at radius 3 is 2.57 bits per heavy atom. The van der Waals surface area contributed by atoms with Crippen molar-refractivity contribution < 1.29 is 22.4 Å². The number of aryl methyl sites for hydroxylation is 1. The van der Waals surface area contributed by atoms with Gasteiger partial charge in [-0.25, -0.2) is 4.98 Å². The Bertz CT molecular complexity index is 683. The number of halogens is 4. The van der Waals surface area contributed by atoms with Gasteiger partial charge < -0.3 is 5.32 Å². The third-order valence-electron chi connectivity index (χ3n) is 2.80. The number of alkyl halides is 3. The van der Waals surface area contributed by atoms with Crippen LogP contribution in [0.5, 0.6) is 0 Å². The van der Waals surface area contributed by atoms with Crippen LogP contribution in [-0.2, 0) is 6.18 Å². The molecule has 1 heterocycles. The van der Waals surface area contributed by atoms with Crippen molar-refractivity contribution in [1.29, 1.82) is 0 Å². The quantitative estimate of drug-likeness (QED) is 0.677. The van der Waals surface area contributed by atoms with Crippen LogP contribution in [0.4, 0.5) is 23.2 Å². The molecule has 2 aromatic rings. The molecular weight excluding hydrogens is 288 g/mol. The smallest absolute Gasteiger partial charge is 0.322 e. The molecule has 3 nitrogen and oxygen atoms in total. The van der Waals surface area contributed by atoms with Gasteiger partial charge in [-0.2, -0.15) is 17.6 Å². The van der Waals surface area contributed by atoms with E-state index in [2.05, 4.69) is 10.3 Å². The zero-order chi connectivity index (χ0) is 15.6. The molecule has 1 amide bonds. The number of rotatable bonds is 2. The predicted octanol–water partition coefficient (Wildman–Crippen LogP) is 3.80. The predicted molar refractivity (Wildman–Crippen MR) is 68.3 cm³/mol. The van der Waals surface area contributed by atoms with Crippen molar-refractivity contribution in [2.75, 3.05) is 5.32 Å². The molecule has 0 aliphatic carbocycles. The fourth-order valence-corrected chi connectivity index (χ4v) is 1.76. The first-order valence-corrected chi connectivity index (χ1v) is 5.89. The van der Waals surface area contributed by atoms with Crippen LogP contribution in [0.25, 0.3) is 0 Å². The van der Waals surface area contributed by atoms with Gasteiger partial charge in [0.1, 0.15) is 0 Å². The van der Waals surface area contributed by atoms with Crippen molar-refractivity contribution in [2.45, 2.75) is 13.1 Å². The number of hydrogen-bond acceptors (Lipinski definition) is 2. The van der Waals surface area contributed by atoms with Crippen LogP contribution in [0.3, 0.4) is 0 Å². The zero-order valence-electron chi connectivity index (χ0n) is 10.8. The molecule has 1 aromatic heterocycles. The largest absolute Gasteiger partial charge is 0.416 e. The number of amides is 1. The number of aromatic nitrogens is 1. The van der Waals surface area contributed by atoms with Gasteiger partial charge in [0.2, 0.25) is 5.95 Å². The number of nitrogens with one attached hydrogen (secondary N) is 1. The lowest BCUT2D eigenvalue weighted by Crippen LogP contribution is -2.15. The second kappa shape index (κ2) is 5.51. The molecule has 110 valence electrons. The fourth-order valence-electron chi connectivity index (χ4n) is 1.76. The Morgan fingerprint density at radius 1 is 1.24 bits per heavy atom. The maximum atomic E-state index is 13.3. The van der Waals surface area contributed by atoms with Gasteiger partial charge in [0, 0.05) is 11.9 Å². The van der Waals surface area contributed by atoms with Crippen LogP contribution in [0.1, 0.15) is 21.5 Å². The van der Waals surface area contributed by atoms with E-state index in [4.69, 9.17) is 0 Å². The monoisotopic (exact) mass is 298 g/mol. The van der Waals surface area contributed by atoms with E-state index in [1.54, 1.807) is 0 Å². The van der Waals surface area contributed by atoms with Gasteiger partial charge in [-0.05, 0) is 36.8 Å². The van der Waals surface area contributed by atoms with Crippen LogP contribution in [0.2, 0.25) is 0 Å². The van der Waals surface area contributed by atoms with Gasteiger partial charge >= 0.3 is 6.18 Å². The van der Waals surface area contributed by atoms with E-state index in [1.165, 1.54) is 37.4 Å². The molecule has 0 unspecified atom stereocenters. The molecule has 0 aliphatic rings. The summed E-state index contributed by atoms with van der Waals surface area (Å²) in [7, 11) is 0. The van der Waals surface area contributed by atoms with Crippen molar-refractivity contribution in [1.82, 2.24) is 4.98 Å². The topological polar surface area (TPSA) is 42.0 Å². The average molecular weight is 298 g/mol. The lowest BCUT2D eigenvalue weighted by molar-refractivity contribution is -0.138. The Labute approximate surface area is 117 Å². The maximum absolute atomic E-state index is 13.3. The Morgan fingerprint density at radius 2 is 1.95 bits per heavy atom. The summed E-state index contributed by atoms with van der Waals surface area (Å²) < 4.78 is 51.6. The van der Waals surface area contributed by atoms with E-state index in [0.29, 0.717) is 0 Å². The molecule has 0 aliphatic heterocycles. The van der Waals surface area contributed by atoms with Crippen molar-refractivity contribution in [3.05, 3.63) is 59.2 Å². The molecule has 0 atom stereocenters. The normalized spacial score (nSPS) is 11.3. The van der Waals surface area contributed by atoms with E-state index in [0.717, 1.165) is 6.07 Å². The molecule has 0 bridgehead atoms. The average Bonchev–Trinajstić information content (AvgIpc) is 2.40. The van der Waals surface area contributed by atoms with Crippen molar-refractivity contribution in [3.8, 4) is 0 Å². The summed E-state index contributed by atoms with van der Waals surface area (Å²) in [6.07, 6.45) is -3.36. The van der Waals surface area contributed by atoms with E-state index in [-0.39, 0.29) is 16.8 Å². The second-order valence-corrected chi connectivity index (χ2v) is 4.32. The van der Waals surface area contributed by atoms with Gasteiger partial charge in [-0.15, -0.1) is 0 Å². The highest BCUT2D eigenvalue weighted by Gasteiger charge is 2.32. The molecule has 21 heavy (non-hydrogen) atoms. The number of anilines is 1. The van der Waals surface area contributed by atoms with Crippen molar-refractivity contribution >= 4 is 11.6 Å². The highest BCUT2D eigenvalue weighted by molar-refractivity contribution is 6.04. The summed E-state index contributed by atoms with van der Waals surface area (Å²) in [5.74, 6) is -1.85. The van der Waals surface area contributed by atoms with Gasteiger partial charge in [-0.3, -0.25) is 4.79 Å². The highest BCUT2D eigenvalue weighted by atomic mass is 19.4. The first kappa shape index (κ1) is 15.0. The summed E-state index contributed by atoms with van der Waals surface area (Å²) >= 11 is 0. The van der Waals surface area contributed by atoms with Gasteiger partial charge in [0.25, 0.3) is 5.91 Å². The molecule has 1 aromatic carbocycles. The SMILES string of the molecule is Cc1ccc(NC(=O)c2cccnc2F)cc1C(F)(F)F. The van der Waals surface area contributed by atoms with E-state index in [9.17, 15) is 22.4 Å². The highest BCUT2D eigenvalue weighted by Crippen LogP contribution is 2.33. The third kappa shape index (κ3) is 3.36. The van der Waals surface area contributed by atoms with E-state index < -0.39 is 23.6 Å². The lowest BCUT2D eigenvalue weighted by Gasteiger charge is -2.12. The Hall–Kier alpha value is -2.44. The molecule has 1 N–H and O–H groups in total. The fraction of sp³-hybridized carbons (Fsp3) is 0.143. The molecule has 0 spiro atoms. The standard InChI is InChI=1S/C14H10F4N2O/c1-8-4-5-9(7-11(8)14(16,17)18)20-13(21)10-3-2-6-19-12(10)15/h2-7H,1H3,(H,20,21). The molecule has 0 radical (unpaired) electrons. The van der Waals surface area contributed by atoms with E-state index >= 15 is 0 Å². The zero-order valence-corrected chi connectivity index (χ0v) is 10.8. The second-order valence-electron chi connectivity index (χ2n) is 4.32. The molecular formula is C14H10F4N2O. The molecule has 0 saturated carbocycles. The number of hydrogen-bond donors (Lipinski definition) is 1. The maximum Gasteiger partial charge on any atom is 0.416 e. The van der Waals surface area contributed by atoms with Crippen LogP contribution in [0.15, 0.2) is 36.5 Å². The number of nitrogens with zero attached hydrogens (tertiary/aromatic N) is 1.